The van der Waals surface area contributed by atoms with E-state index in [4.69, 9.17) is 29.9 Å². The van der Waals surface area contributed by atoms with Crippen LogP contribution in [0.15, 0.2) is 0 Å². The summed E-state index contributed by atoms with van der Waals surface area (Å²) in [5.74, 6) is -0.473. The molecule has 1 aliphatic heterocycles. The summed E-state index contributed by atoms with van der Waals surface area (Å²) in [7, 11) is -2.50. The van der Waals surface area contributed by atoms with Crippen LogP contribution in [-0.4, -0.2) is 74.3 Å². The molecule has 16 heteroatoms. The number of phosphoric ester groups is 1. The molecule has 0 saturated carbocycles. The molecule has 232 valence electrons. The molecule has 3 rings (SSSR count). The second kappa shape index (κ2) is 13.3. The number of aromatic nitrogens is 4. The maximum Gasteiger partial charge on any atom is 0.477 e. The first-order valence-corrected chi connectivity index (χ1v) is 16.1. The number of aliphatic hydroxyl groups excluding tert-OH is 1. The van der Waals surface area contributed by atoms with Crippen molar-refractivity contribution in [1.29, 1.82) is 0 Å². The maximum absolute atomic E-state index is 13.6. The lowest BCUT2D eigenvalue weighted by atomic mass is 10.0. The zero-order chi connectivity index (χ0) is 30.8. The summed E-state index contributed by atoms with van der Waals surface area (Å²) in [4.78, 5) is 20.0. The molecule has 1 aliphatic rings. The molecule has 1 amide bonds. The van der Waals surface area contributed by atoms with Crippen molar-refractivity contribution in [2.24, 2.45) is 0 Å². The van der Waals surface area contributed by atoms with Gasteiger partial charge in [-0.3, -0.25) is 22.9 Å². The number of ether oxygens (including phenoxy) is 1. The number of aliphatic hydroxyl groups is 1. The van der Waals surface area contributed by atoms with Crippen molar-refractivity contribution < 1.29 is 32.8 Å². The number of nitrogens with one attached hydrogen (secondary N) is 1. The van der Waals surface area contributed by atoms with Gasteiger partial charge in [0.15, 0.2) is 0 Å². The van der Waals surface area contributed by atoms with Gasteiger partial charge in [0, 0.05) is 20.2 Å². The molecule has 2 aromatic rings. The summed E-state index contributed by atoms with van der Waals surface area (Å²) >= 11 is 7.91. The average Bonchev–Trinajstić information content (AvgIpc) is 3.46. The number of phosphoric acid groups is 1. The Balaban J connectivity index is 1.78. The predicted molar refractivity (Wildman–Crippen MR) is 156 cm³/mol. The van der Waals surface area contributed by atoms with Gasteiger partial charge in [-0.2, -0.15) is 0 Å². The van der Waals surface area contributed by atoms with E-state index in [2.05, 4.69) is 20.5 Å². The maximum atomic E-state index is 13.6. The first kappa shape index (κ1) is 33.9. The Labute approximate surface area is 250 Å². The molecular weight excluding hydrogens is 595 g/mol. The first-order valence-electron chi connectivity index (χ1n) is 13.5. The smallest absolute Gasteiger partial charge is 0.386 e. The van der Waals surface area contributed by atoms with Crippen LogP contribution in [0, 0.1) is 0 Å². The number of hydrogen-bond acceptors (Lipinski definition) is 12. The fourth-order valence-electron chi connectivity index (χ4n) is 4.12. The SMILES string of the molecule is CCc1nc(C(=O)N[C@@H]2CCN(c3nnc([C@H](C)O)s3)C[C@@H]2OC)n(COP(=O)(OC(C)(C)C)OC(C)(C)C)c1Cl. The number of hydrogen-bond donors (Lipinski definition) is 2. The number of nitrogens with zero attached hydrogens (tertiary/aromatic N) is 5. The van der Waals surface area contributed by atoms with Crippen LogP contribution < -0.4 is 10.2 Å². The number of rotatable bonds is 11. The number of methoxy groups -OCH3 is 1. The fourth-order valence-corrected chi connectivity index (χ4v) is 6.98. The summed E-state index contributed by atoms with van der Waals surface area (Å²) in [5, 5.41) is 22.4. The van der Waals surface area contributed by atoms with Gasteiger partial charge in [0.2, 0.25) is 11.0 Å². The second-order valence-corrected chi connectivity index (χ2v) is 14.6. The molecule has 13 nitrogen and oxygen atoms in total. The third-order valence-electron chi connectivity index (χ3n) is 5.86. The van der Waals surface area contributed by atoms with Crippen LogP contribution in [0.2, 0.25) is 5.15 Å². The molecular formula is C25H42ClN6O7PS. The van der Waals surface area contributed by atoms with E-state index < -0.39 is 31.0 Å². The monoisotopic (exact) mass is 636 g/mol. The van der Waals surface area contributed by atoms with Gasteiger partial charge >= 0.3 is 7.82 Å². The van der Waals surface area contributed by atoms with Crippen molar-refractivity contribution in [3.63, 3.8) is 0 Å². The van der Waals surface area contributed by atoms with E-state index in [0.29, 0.717) is 41.8 Å². The lowest BCUT2D eigenvalue weighted by Crippen LogP contribution is -2.55. The highest BCUT2D eigenvalue weighted by Gasteiger charge is 2.38. The number of piperidine rings is 1. The normalized spacial score (nSPS) is 19.4. The first-order chi connectivity index (χ1) is 18.9. The minimum absolute atomic E-state index is 0.00731. The van der Waals surface area contributed by atoms with Crippen LogP contribution in [0.4, 0.5) is 5.13 Å². The van der Waals surface area contributed by atoms with E-state index >= 15 is 0 Å². The number of anilines is 1. The minimum atomic E-state index is -4.08. The van der Waals surface area contributed by atoms with Crippen molar-refractivity contribution in [3.8, 4) is 0 Å². The van der Waals surface area contributed by atoms with Crippen LogP contribution in [0.5, 0.6) is 0 Å². The lowest BCUT2D eigenvalue weighted by molar-refractivity contribution is -0.00651. The predicted octanol–water partition coefficient (Wildman–Crippen LogP) is 4.74. The van der Waals surface area contributed by atoms with Gasteiger partial charge in [-0.05, 0) is 61.3 Å². The third kappa shape index (κ3) is 9.17. The molecule has 3 heterocycles. The van der Waals surface area contributed by atoms with Gasteiger partial charge in [-0.25, -0.2) is 9.55 Å². The molecule has 2 aromatic heterocycles. The molecule has 0 bridgehead atoms. The molecule has 1 saturated heterocycles. The summed E-state index contributed by atoms with van der Waals surface area (Å²) in [5.41, 5.74) is -1.16. The highest BCUT2D eigenvalue weighted by molar-refractivity contribution is 7.48. The average molecular weight is 637 g/mol. The Morgan fingerprint density at radius 2 is 1.85 bits per heavy atom. The van der Waals surface area contributed by atoms with E-state index in [1.54, 1.807) is 55.6 Å². The van der Waals surface area contributed by atoms with Gasteiger partial charge in [0.05, 0.1) is 29.0 Å². The summed E-state index contributed by atoms with van der Waals surface area (Å²) < 4.78 is 37.8. The molecule has 0 spiro atoms. The Morgan fingerprint density at radius 3 is 2.37 bits per heavy atom. The zero-order valence-corrected chi connectivity index (χ0v) is 27.6. The number of halogens is 1. The molecule has 0 radical (unpaired) electrons. The number of carbonyl (C=O) groups excluding carboxylic acids is 1. The Bertz CT molecular complexity index is 1220. The number of aryl methyl sites for hydroxylation is 1. The van der Waals surface area contributed by atoms with Gasteiger partial charge in [-0.15, -0.1) is 10.2 Å². The molecule has 3 atom stereocenters. The molecule has 0 aromatic carbocycles. The Morgan fingerprint density at radius 1 is 1.22 bits per heavy atom. The largest absolute Gasteiger partial charge is 0.477 e. The fraction of sp³-hybridized carbons (Fsp3) is 0.760. The van der Waals surface area contributed by atoms with Crippen LogP contribution in [0.1, 0.15) is 89.2 Å². The van der Waals surface area contributed by atoms with Crippen molar-refractivity contribution in [2.45, 2.75) is 104 Å². The third-order valence-corrected chi connectivity index (χ3v) is 9.41. The van der Waals surface area contributed by atoms with Gasteiger partial charge in [0.25, 0.3) is 5.91 Å². The van der Waals surface area contributed by atoms with Crippen molar-refractivity contribution in [2.75, 3.05) is 25.1 Å². The van der Waals surface area contributed by atoms with E-state index in [-0.39, 0.29) is 29.9 Å². The van der Waals surface area contributed by atoms with E-state index in [0.717, 1.165) is 0 Å². The Hall–Kier alpha value is -1.64. The standard InChI is InChI=1S/C25H42ClN6O7PS/c1-10-16-19(26)32(14-37-40(35,38-24(3,4)5)39-25(6,7)8)20(27-16)21(34)28-17-11-12-31(13-18(17)36-9)23-30-29-22(41-23)15(2)33/h15,17-18,33H,10-14H2,1-9H3,(H,28,34)/t15-,17+,18-/m0/s1. The summed E-state index contributed by atoms with van der Waals surface area (Å²) in [6.45, 7) is 14.6. The Kier molecular flexibility index (Phi) is 11.0. The second-order valence-electron chi connectivity index (χ2n) is 11.8. The molecule has 41 heavy (non-hydrogen) atoms. The number of amides is 1. The zero-order valence-electron chi connectivity index (χ0n) is 25.1. The topological polar surface area (TPSA) is 150 Å². The highest BCUT2D eigenvalue weighted by atomic mass is 35.5. The molecule has 0 aliphatic carbocycles. The highest BCUT2D eigenvalue weighted by Crippen LogP contribution is 2.55. The van der Waals surface area contributed by atoms with Crippen LogP contribution in [0.3, 0.4) is 0 Å². The molecule has 1 fully saturated rings. The van der Waals surface area contributed by atoms with Crippen LogP contribution in [-0.2, 0) is 36.0 Å². The number of carbonyl (C=O) groups is 1. The lowest BCUT2D eigenvalue weighted by Gasteiger charge is -2.37. The van der Waals surface area contributed by atoms with Crippen molar-refractivity contribution in [3.05, 3.63) is 21.7 Å². The van der Waals surface area contributed by atoms with Crippen LogP contribution >= 0.6 is 30.8 Å². The summed E-state index contributed by atoms with van der Waals surface area (Å²) in [6.07, 6.45) is -0.0189. The molecule has 2 N–H and O–H groups in total. The van der Waals surface area contributed by atoms with Gasteiger partial charge < -0.3 is 20.1 Å². The quantitative estimate of drug-likeness (QED) is 0.329. The molecule has 0 unspecified atom stereocenters. The van der Waals surface area contributed by atoms with Gasteiger partial charge in [0.1, 0.15) is 23.0 Å². The van der Waals surface area contributed by atoms with E-state index in [1.807, 2.05) is 11.8 Å². The van der Waals surface area contributed by atoms with Crippen LogP contribution in [0.25, 0.3) is 0 Å². The van der Waals surface area contributed by atoms with Crippen molar-refractivity contribution in [1.82, 2.24) is 25.1 Å². The van der Waals surface area contributed by atoms with E-state index in [9.17, 15) is 14.5 Å². The van der Waals surface area contributed by atoms with Gasteiger partial charge in [-0.1, -0.05) is 29.9 Å². The number of imidazole rings is 1. The minimum Gasteiger partial charge on any atom is -0.386 e. The van der Waals surface area contributed by atoms with Crippen molar-refractivity contribution >= 4 is 41.8 Å². The summed E-state index contributed by atoms with van der Waals surface area (Å²) in [6, 6.07) is -0.331. The van der Waals surface area contributed by atoms with E-state index in [1.165, 1.54) is 15.9 Å².